The number of fused-ring (bicyclic) bond motifs is 1. The maximum atomic E-state index is 12.8. The first-order valence-corrected chi connectivity index (χ1v) is 12.5. The highest BCUT2D eigenvalue weighted by Gasteiger charge is 2.49. The molecule has 7 heteroatoms. The van der Waals surface area contributed by atoms with E-state index in [4.69, 9.17) is 14.2 Å². The van der Waals surface area contributed by atoms with Gasteiger partial charge in [-0.3, -0.25) is 9.69 Å². The fraction of sp³-hybridized carbons (Fsp3) is 0.731. The lowest BCUT2D eigenvalue weighted by molar-refractivity contribution is -0.137. The van der Waals surface area contributed by atoms with Crippen molar-refractivity contribution in [1.82, 2.24) is 10.2 Å². The lowest BCUT2D eigenvalue weighted by Gasteiger charge is -2.52. The Hall–Kier alpha value is -1.99. The van der Waals surface area contributed by atoms with Crippen molar-refractivity contribution in [2.45, 2.75) is 76.4 Å². The first-order valence-electron chi connectivity index (χ1n) is 12.5. The lowest BCUT2D eigenvalue weighted by atomic mass is 9.66. The van der Waals surface area contributed by atoms with Gasteiger partial charge in [0.2, 0.25) is 11.7 Å². The number of benzene rings is 1. The van der Waals surface area contributed by atoms with Gasteiger partial charge >= 0.3 is 0 Å². The topological polar surface area (TPSA) is 80.3 Å². The van der Waals surface area contributed by atoms with E-state index in [-0.39, 0.29) is 17.9 Å². The Morgan fingerprint density at radius 3 is 2.45 bits per heavy atom. The molecular weight excluding hydrogens is 420 g/mol. The zero-order chi connectivity index (χ0) is 23.8. The minimum absolute atomic E-state index is 0.0465. The number of nitrogens with zero attached hydrogens (tertiary/aromatic N) is 1. The average molecular weight is 463 g/mol. The van der Waals surface area contributed by atoms with E-state index in [0.717, 1.165) is 50.6 Å². The van der Waals surface area contributed by atoms with Crippen molar-refractivity contribution < 1.29 is 24.1 Å². The monoisotopic (exact) mass is 462 g/mol. The summed E-state index contributed by atoms with van der Waals surface area (Å²) in [6.07, 6.45) is 9.12. The Kier molecular flexibility index (Phi) is 9.27. The molecule has 1 aliphatic carbocycles. The fourth-order valence-corrected chi connectivity index (χ4v) is 5.65. The number of methoxy groups -OCH3 is 3. The second kappa shape index (κ2) is 11.9. The number of ether oxygens (including phenoxy) is 3. The Morgan fingerprint density at radius 2 is 1.82 bits per heavy atom. The zero-order valence-corrected chi connectivity index (χ0v) is 20.8. The van der Waals surface area contributed by atoms with E-state index in [0.29, 0.717) is 36.8 Å². The molecule has 1 saturated carbocycles. The highest BCUT2D eigenvalue weighted by atomic mass is 16.5. The van der Waals surface area contributed by atoms with E-state index in [1.54, 1.807) is 21.3 Å². The minimum atomic E-state index is -0.698. The Bertz CT molecular complexity index is 761. The van der Waals surface area contributed by atoms with Crippen LogP contribution in [0.1, 0.15) is 76.3 Å². The van der Waals surface area contributed by atoms with Gasteiger partial charge in [-0.1, -0.05) is 39.0 Å². The largest absolute Gasteiger partial charge is 0.493 e. The molecule has 2 aliphatic rings. The number of hydrogen-bond donors (Lipinski definition) is 2. The predicted octanol–water partition coefficient (Wildman–Crippen LogP) is 4.08. The van der Waals surface area contributed by atoms with E-state index < -0.39 is 5.60 Å². The molecule has 3 rings (SSSR count). The summed E-state index contributed by atoms with van der Waals surface area (Å²) >= 11 is 0. The van der Waals surface area contributed by atoms with E-state index in [1.807, 2.05) is 12.1 Å². The molecular formula is C26H42N2O5. The summed E-state index contributed by atoms with van der Waals surface area (Å²) < 4.78 is 16.7. The van der Waals surface area contributed by atoms with Crippen LogP contribution >= 0.6 is 0 Å². The van der Waals surface area contributed by atoms with Crippen LogP contribution in [-0.4, -0.2) is 62.5 Å². The van der Waals surface area contributed by atoms with E-state index in [2.05, 4.69) is 17.1 Å². The van der Waals surface area contributed by atoms with Crippen LogP contribution in [0.2, 0.25) is 0 Å². The Balaban J connectivity index is 1.86. The maximum absolute atomic E-state index is 12.8. The van der Waals surface area contributed by atoms with Gasteiger partial charge in [-0.2, -0.15) is 0 Å². The molecule has 7 nitrogen and oxygen atoms in total. The number of rotatable bonds is 11. The average Bonchev–Trinajstić information content (AvgIpc) is 2.82. The van der Waals surface area contributed by atoms with Gasteiger partial charge in [-0.15, -0.1) is 0 Å². The fourth-order valence-electron chi connectivity index (χ4n) is 5.65. The number of unbranched alkanes of at least 4 members (excludes halogenated alkanes) is 3. The van der Waals surface area contributed by atoms with Crippen LogP contribution in [0.5, 0.6) is 17.2 Å². The number of amides is 1. The SMILES string of the molecule is CCCCCCNC(=O)CN1CCC2(O)CCCCC2C1c1cc(OC)c(OC)c(OC)c1. The quantitative estimate of drug-likeness (QED) is 0.483. The summed E-state index contributed by atoms with van der Waals surface area (Å²) in [5.74, 6) is 1.84. The third kappa shape index (κ3) is 5.93. The number of hydrogen-bond acceptors (Lipinski definition) is 6. The molecule has 0 spiro atoms. The first kappa shape index (κ1) is 25.6. The number of likely N-dealkylation sites (tertiary alicyclic amines) is 1. The second-order valence-corrected chi connectivity index (χ2v) is 9.49. The molecule has 0 bridgehead atoms. The number of carbonyl (C=O) groups excluding carboxylic acids is 1. The summed E-state index contributed by atoms with van der Waals surface area (Å²) in [5, 5.41) is 14.6. The maximum Gasteiger partial charge on any atom is 0.234 e. The molecule has 33 heavy (non-hydrogen) atoms. The highest BCUT2D eigenvalue weighted by molar-refractivity contribution is 5.78. The van der Waals surface area contributed by atoms with E-state index in [9.17, 15) is 9.90 Å². The Labute approximate surface area is 198 Å². The third-order valence-corrected chi connectivity index (χ3v) is 7.40. The zero-order valence-electron chi connectivity index (χ0n) is 20.8. The van der Waals surface area contributed by atoms with Gasteiger partial charge in [0.15, 0.2) is 11.5 Å². The third-order valence-electron chi connectivity index (χ3n) is 7.40. The van der Waals surface area contributed by atoms with Crippen LogP contribution < -0.4 is 19.5 Å². The van der Waals surface area contributed by atoms with Crippen molar-refractivity contribution >= 4 is 5.91 Å². The number of piperidine rings is 1. The van der Waals surface area contributed by atoms with Gasteiger partial charge in [-0.25, -0.2) is 0 Å². The lowest BCUT2D eigenvalue weighted by Crippen LogP contribution is -2.56. The highest BCUT2D eigenvalue weighted by Crippen LogP contribution is 2.51. The normalized spacial score (nSPS) is 25.2. The summed E-state index contributed by atoms with van der Waals surface area (Å²) in [4.78, 5) is 15.1. The molecule has 0 radical (unpaired) electrons. The molecule has 186 valence electrons. The minimum Gasteiger partial charge on any atom is -0.493 e. The van der Waals surface area contributed by atoms with Crippen molar-refractivity contribution in [3.63, 3.8) is 0 Å². The van der Waals surface area contributed by atoms with Gasteiger partial charge in [0.25, 0.3) is 0 Å². The summed E-state index contributed by atoms with van der Waals surface area (Å²) in [7, 11) is 4.82. The second-order valence-electron chi connectivity index (χ2n) is 9.49. The van der Waals surface area contributed by atoms with Gasteiger partial charge in [0, 0.05) is 25.0 Å². The molecule has 3 atom stereocenters. The summed E-state index contributed by atoms with van der Waals surface area (Å²) in [5.41, 5.74) is 0.293. The van der Waals surface area contributed by atoms with Crippen molar-refractivity contribution in [1.29, 1.82) is 0 Å². The molecule has 1 aromatic carbocycles. The number of aliphatic hydroxyl groups is 1. The van der Waals surface area contributed by atoms with Crippen LogP contribution in [0, 0.1) is 5.92 Å². The Morgan fingerprint density at radius 1 is 1.09 bits per heavy atom. The molecule has 3 unspecified atom stereocenters. The first-order chi connectivity index (χ1) is 16.0. The van der Waals surface area contributed by atoms with Crippen LogP contribution in [0.25, 0.3) is 0 Å². The van der Waals surface area contributed by atoms with Crippen LogP contribution in [0.3, 0.4) is 0 Å². The summed E-state index contributed by atoms with van der Waals surface area (Å²) in [6.45, 7) is 3.90. The van der Waals surface area contributed by atoms with Crippen LogP contribution in [-0.2, 0) is 4.79 Å². The van der Waals surface area contributed by atoms with Crippen LogP contribution in [0.15, 0.2) is 12.1 Å². The van der Waals surface area contributed by atoms with E-state index >= 15 is 0 Å². The molecule has 2 N–H and O–H groups in total. The van der Waals surface area contributed by atoms with Gasteiger partial charge in [-0.05, 0) is 43.4 Å². The van der Waals surface area contributed by atoms with Crippen molar-refractivity contribution in [2.24, 2.45) is 5.92 Å². The van der Waals surface area contributed by atoms with Crippen molar-refractivity contribution in [2.75, 3.05) is 41.0 Å². The molecule has 1 amide bonds. The number of carbonyl (C=O) groups is 1. The van der Waals surface area contributed by atoms with Crippen LogP contribution in [0.4, 0.5) is 0 Å². The smallest absolute Gasteiger partial charge is 0.234 e. The molecule has 1 aromatic rings. The predicted molar refractivity (Wildman–Crippen MR) is 129 cm³/mol. The van der Waals surface area contributed by atoms with Gasteiger partial charge in [0.05, 0.1) is 33.5 Å². The molecule has 2 fully saturated rings. The van der Waals surface area contributed by atoms with Crippen molar-refractivity contribution in [3.8, 4) is 17.2 Å². The molecule has 1 heterocycles. The standard InChI is InChI=1S/C26H42N2O5/c1-5-6-7-10-14-27-23(29)18-28-15-13-26(30)12-9-8-11-20(26)24(28)19-16-21(31-2)25(33-4)22(17-19)32-3/h16-17,20,24,30H,5-15,18H2,1-4H3,(H,27,29). The van der Waals surface area contributed by atoms with Gasteiger partial charge < -0.3 is 24.6 Å². The molecule has 1 aliphatic heterocycles. The van der Waals surface area contributed by atoms with Gasteiger partial charge in [0.1, 0.15) is 0 Å². The van der Waals surface area contributed by atoms with E-state index in [1.165, 1.54) is 12.8 Å². The van der Waals surface area contributed by atoms with Crippen molar-refractivity contribution in [3.05, 3.63) is 17.7 Å². The molecule has 1 saturated heterocycles. The molecule has 0 aromatic heterocycles. The summed E-state index contributed by atoms with van der Waals surface area (Å²) in [6, 6.07) is 3.85. The number of nitrogens with one attached hydrogen (secondary N) is 1.